The fourth-order valence-corrected chi connectivity index (χ4v) is 3.83. The van der Waals surface area contributed by atoms with Crippen LogP contribution in [0.25, 0.3) is 0 Å². The number of amides is 1. The van der Waals surface area contributed by atoms with Crippen LogP contribution in [0.4, 0.5) is 0 Å². The molecule has 1 amide bonds. The first kappa shape index (κ1) is 14.8. The third-order valence-corrected chi connectivity index (χ3v) is 5.28. The Morgan fingerprint density at radius 3 is 2.68 bits per heavy atom. The molecule has 0 aromatic carbocycles. The van der Waals surface area contributed by atoms with Crippen LogP contribution in [0.3, 0.4) is 0 Å². The molecule has 0 radical (unpaired) electrons. The first-order valence-corrected chi connectivity index (χ1v) is 8.01. The number of nitrogens with zero attached hydrogens (tertiary/aromatic N) is 2. The van der Waals surface area contributed by atoms with Gasteiger partial charge < -0.3 is 15.0 Å². The molecule has 1 saturated heterocycles. The smallest absolute Gasteiger partial charge is 0.347 e. The van der Waals surface area contributed by atoms with Gasteiger partial charge in [0.2, 0.25) is 0 Å². The quantitative estimate of drug-likeness (QED) is 0.910. The number of hydrogen-bond acceptors (Lipinski definition) is 4. The minimum Gasteiger partial charge on any atom is -0.477 e. The molecule has 6 nitrogen and oxygen atoms in total. The van der Waals surface area contributed by atoms with Gasteiger partial charge in [0.05, 0.1) is 10.7 Å². The second-order valence-corrected chi connectivity index (χ2v) is 6.45. The molecule has 0 spiro atoms. The van der Waals surface area contributed by atoms with E-state index in [-0.39, 0.29) is 11.8 Å². The summed E-state index contributed by atoms with van der Waals surface area (Å²) in [5, 5.41) is 9.99. The van der Waals surface area contributed by atoms with Crippen LogP contribution in [0.1, 0.15) is 49.6 Å². The second-order valence-electron chi connectivity index (χ2n) is 5.42. The molecule has 0 unspecified atom stereocenters. The molecule has 1 aliphatic rings. The Kier molecular flexibility index (Phi) is 3.98. The third-order valence-electron chi connectivity index (χ3n) is 3.97. The molecular weight excluding hydrogens is 302 g/mol. The molecule has 116 valence electrons. The van der Waals surface area contributed by atoms with Crippen molar-refractivity contribution in [1.29, 1.82) is 0 Å². The molecule has 2 aromatic rings. The van der Waals surface area contributed by atoms with E-state index in [1.165, 1.54) is 11.3 Å². The average molecular weight is 319 g/mol. The van der Waals surface area contributed by atoms with E-state index in [0.717, 1.165) is 17.8 Å². The zero-order valence-corrected chi connectivity index (χ0v) is 13.0. The Balaban J connectivity index is 1.65. The number of thiazole rings is 1. The van der Waals surface area contributed by atoms with Gasteiger partial charge in [0, 0.05) is 25.2 Å². The summed E-state index contributed by atoms with van der Waals surface area (Å²) in [6, 6.07) is 3.59. The van der Waals surface area contributed by atoms with Crippen LogP contribution in [0.2, 0.25) is 0 Å². The largest absolute Gasteiger partial charge is 0.477 e. The number of piperidine rings is 1. The number of carbonyl (C=O) groups is 2. The number of aromatic amines is 1. The molecule has 2 aromatic heterocycles. The molecular formula is C15H17N3O3S. The Hall–Kier alpha value is -2.15. The van der Waals surface area contributed by atoms with Gasteiger partial charge in [-0.1, -0.05) is 0 Å². The zero-order valence-electron chi connectivity index (χ0n) is 12.2. The van der Waals surface area contributed by atoms with Crippen LogP contribution in [0, 0.1) is 6.92 Å². The van der Waals surface area contributed by atoms with Crippen LogP contribution in [0.15, 0.2) is 18.3 Å². The fourth-order valence-electron chi connectivity index (χ4n) is 2.75. The van der Waals surface area contributed by atoms with Gasteiger partial charge in [0.1, 0.15) is 10.6 Å². The van der Waals surface area contributed by atoms with Crippen LogP contribution in [0.5, 0.6) is 0 Å². The van der Waals surface area contributed by atoms with Gasteiger partial charge in [-0.25, -0.2) is 9.78 Å². The third kappa shape index (κ3) is 2.76. The van der Waals surface area contributed by atoms with E-state index < -0.39 is 5.97 Å². The van der Waals surface area contributed by atoms with Gasteiger partial charge in [-0.15, -0.1) is 11.3 Å². The highest BCUT2D eigenvalue weighted by Crippen LogP contribution is 2.32. The van der Waals surface area contributed by atoms with Crippen LogP contribution >= 0.6 is 11.3 Å². The topological polar surface area (TPSA) is 86.3 Å². The van der Waals surface area contributed by atoms with E-state index in [9.17, 15) is 9.59 Å². The monoisotopic (exact) mass is 319 g/mol. The number of H-pyrrole nitrogens is 1. The van der Waals surface area contributed by atoms with Crippen molar-refractivity contribution < 1.29 is 14.7 Å². The molecule has 0 atom stereocenters. The number of aromatic carboxylic acids is 1. The number of nitrogens with one attached hydrogen (secondary N) is 1. The number of likely N-dealkylation sites (tertiary alicyclic amines) is 1. The molecule has 0 aliphatic carbocycles. The van der Waals surface area contributed by atoms with E-state index in [2.05, 4.69) is 9.97 Å². The Morgan fingerprint density at radius 1 is 1.41 bits per heavy atom. The Morgan fingerprint density at radius 2 is 2.14 bits per heavy atom. The minimum absolute atomic E-state index is 0.0185. The van der Waals surface area contributed by atoms with Crippen molar-refractivity contribution in [1.82, 2.24) is 14.9 Å². The summed E-state index contributed by atoms with van der Waals surface area (Å²) in [6.07, 6.45) is 3.38. The fraction of sp³-hybridized carbons (Fsp3) is 0.400. The number of aryl methyl sites for hydroxylation is 1. The van der Waals surface area contributed by atoms with Gasteiger partial charge in [-0.3, -0.25) is 4.79 Å². The predicted molar refractivity (Wildman–Crippen MR) is 82.5 cm³/mol. The maximum Gasteiger partial charge on any atom is 0.347 e. The van der Waals surface area contributed by atoms with Gasteiger partial charge in [-0.05, 0) is 31.9 Å². The van der Waals surface area contributed by atoms with E-state index in [4.69, 9.17) is 5.11 Å². The molecule has 1 fully saturated rings. The molecule has 3 rings (SSSR count). The molecule has 1 aliphatic heterocycles. The highest BCUT2D eigenvalue weighted by Gasteiger charge is 2.28. The summed E-state index contributed by atoms with van der Waals surface area (Å²) in [5.74, 6) is -0.657. The van der Waals surface area contributed by atoms with Crippen molar-refractivity contribution in [2.75, 3.05) is 13.1 Å². The Labute approximate surface area is 131 Å². The molecule has 7 heteroatoms. The highest BCUT2D eigenvalue weighted by atomic mass is 32.1. The SMILES string of the molecule is Cc1nc(C2CCN(C(=O)c3ccc[nH]3)CC2)sc1C(=O)O. The highest BCUT2D eigenvalue weighted by molar-refractivity contribution is 7.13. The van der Waals surface area contributed by atoms with E-state index in [1.807, 2.05) is 11.0 Å². The summed E-state index contributed by atoms with van der Waals surface area (Å²) >= 11 is 1.26. The van der Waals surface area contributed by atoms with Gasteiger partial charge in [0.25, 0.3) is 5.91 Å². The maximum absolute atomic E-state index is 12.3. The summed E-state index contributed by atoms with van der Waals surface area (Å²) in [7, 11) is 0. The predicted octanol–water partition coefficient (Wildman–Crippen LogP) is 2.50. The number of aromatic nitrogens is 2. The lowest BCUT2D eigenvalue weighted by molar-refractivity contribution is 0.0695. The summed E-state index contributed by atoms with van der Waals surface area (Å²) < 4.78 is 0. The van der Waals surface area contributed by atoms with Gasteiger partial charge >= 0.3 is 5.97 Å². The van der Waals surface area contributed by atoms with Crippen LogP contribution < -0.4 is 0 Å². The van der Waals surface area contributed by atoms with E-state index >= 15 is 0 Å². The summed E-state index contributed by atoms with van der Waals surface area (Å²) in [6.45, 7) is 3.07. The van der Waals surface area contributed by atoms with Crippen molar-refractivity contribution in [2.24, 2.45) is 0 Å². The number of carboxylic acids is 1. The minimum atomic E-state index is -0.916. The van der Waals surface area contributed by atoms with Crippen LogP contribution in [-0.2, 0) is 0 Å². The average Bonchev–Trinajstić information content (AvgIpc) is 3.16. The Bertz CT molecular complexity index is 685. The van der Waals surface area contributed by atoms with Crippen molar-refractivity contribution >= 4 is 23.2 Å². The van der Waals surface area contributed by atoms with Gasteiger partial charge in [-0.2, -0.15) is 0 Å². The second kappa shape index (κ2) is 5.92. The number of carbonyl (C=O) groups excluding carboxylic acids is 1. The van der Waals surface area contributed by atoms with Crippen LogP contribution in [-0.4, -0.2) is 44.9 Å². The molecule has 0 bridgehead atoms. The first-order valence-electron chi connectivity index (χ1n) is 7.19. The number of rotatable bonds is 3. The number of hydrogen-bond donors (Lipinski definition) is 2. The number of carboxylic acid groups (broad SMARTS) is 1. The van der Waals surface area contributed by atoms with E-state index in [1.54, 1.807) is 19.2 Å². The summed E-state index contributed by atoms with van der Waals surface area (Å²) in [5.41, 5.74) is 1.19. The first-order chi connectivity index (χ1) is 10.6. The lowest BCUT2D eigenvalue weighted by Crippen LogP contribution is -2.38. The lowest BCUT2D eigenvalue weighted by atomic mass is 9.97. The lowest BCUT2D eigenvalue weighted by Gasteiger charge is -2.30. The standard InChI is InChI=1S/C15H17N3O3S/c1-9-12(15(20)21)22-13(17-9)10-4-7-18(8-5-10)14(19)11-3-2-6-16-11/h2-3,6,10,16H,4-5,7-8H2,1H3,(H,20,21). The maximum atomic E-state index is 12.3. The van der Waals surface area contributed by atoms with Crippen molar-refractivity contribution in [3.63, 3.8) is 0 Å². The van der Waals surface area contributed by atoms with Crippen molar-refractivity contribution in [3.05, 3.63) is 39.6 Å². The normalized spacial score (nSPS) is 16.0. The zero-order chi connectivity index (χ0) is 15.7. The van der Waals surface area contributed by atoms with Gasteiger partial charge in [0.15, 0.2) is 0 Å². The molecule has 22 heavy (non-hydrogen) atoms. The molecule has 3 heterocycles. The molecule has 0 saturated carbocycles. The van der Waals surface area contributed by atoms with Crippen molar-refractivity contribution in [2.45, 2.75) is 25.7 Å². The molecule has 2 N–H and O–H groups in total. The van der Waals surface area contributed by atoms with E-state index in [0.29, 0.717) is 29.4 Å². The van der Waals surface area contributed by atoms with Crippen molar-refractivity contribution in [3.8, 4) is 0 Å². The summed E-state index contributed by atoms with van der Waals surface area (Å²) in [4.78, 5) is 32.9.